The highest BCUT2D eigenvalue weighted by Crippen LogP contribution is 2.23. The minimum absolute atomic E-state index is 0.322. The Morgan fingerprint density at radius 2 is 2.00 bits per heavy atom. The SMILES string of the molecule is CCN1CCN(C(CN)c2ccc(COC)cc2)CC1C. The number of likely N-dealkylation sites (N-methyl/N-ethyl adjacent to an activating group) is 1. The van der Waals surface area contributed by atoms with E-state index in [1.165, 1.54) is 11.1 Å². The molecular formula is C17H29N3O. The van der Waals surface area contributed by atoms with Crippen molar-refractivity contribution < 1.29 is 4.74 Å². The number of nitrogens with zero attached hydrogens (tertiary/aromatic N) is 2. The molecule has 1 heterocycles. The molecule has 2 N–H and O–H groups in total. The quantitative estimate of drug-likeness (QED) is 0.868. The summed E-state index contributed by atoms with van der Waals surface area (Å²) in [5.74, 6) is 0. The van der Waals surface area contributed by atoms with E-state index in [4.69, 9.17) is 10.5 Å². The van der Waals surface area contributed by atoms with Gasteiger partial charge in [-0.05, 0) is 24.6 Å². The molecule has 0 amide bonds. The first kappa shape index (κ1) is 16.4. The molecule has 0 aliphatic carbocycles. The molecule has 0 spiro atoms. The van der Waals surface area contributed by atoms with E-state index in [0.29, 0.717) is 25.2 Å². The minimum atomic E-state index is 0.322. The summed E-state index contributed by atoms with van der Waals surface area (Å²) in [4.78, 5) is 5.06. The van der Waals surface area contributed by atoms with Crippen LogP contribution < -0.4 is 5.73 Å². The third-order valence-corrected chi connectivity index (χ3v) is 4.54. The lowest BCUT2D eigenvalue weighted by Crippen LogP contribution is -2.53. The van der Waals surface area contributed by atoms with Gasteiger partial charge < -0.3 is 10.5 Å². The van der Waals surface area contributed by atoms with Gasteiger partial charge in [0.2, 0.25) is 0 Å². The first-order chi connectivity index (χ1) is 10.2. The molecule has 2 unspecified atom stereocenters. The summed E-state index contributed by atoms with van der Waals surface area (Å²) < 4.78 is 5.17. The van der Waals surface area contributed by atoms with Crippen molar-refractivity contribution >= 4 is 0 Å². The summed E-state index contributed by atoms with van der Waals surface area (Å²) in [5, 5.41) is 0. The summed E-state index contributed by atoms with van der Waals surface area (Å²) in [6.07, 6.45) is 0. The molecule has 21 heavy (non-hydrogen) atoms. The molecule has 1 saturated heterocycles. The van der Waals surface area contributed by atoms with Gasteiger partial charge in [0.25, 0.3) is 0 Å². The van der Waals surface area contributed by atoms with Crippen molar-refractivity contribution in [2.45, 2.75) is 32.5 Å². The van der Waals surface area contributed by atoms with Gasteiger partial charge >= 0.3 is 0 Å². The molecule has 1 aromatic carbocycles. The number of hydrogen-bond donors (Lipinski definition) is 1. The topological polar surface area (TPSA) is 41.7 Å². The average molecular weight is 291 g/mol. The fourth-order valence-corrected chi connectivity index (χ4v) is 3.27. The lowest BCUT2D eigenvalue weighted by atomic mass is 10.0. The van der Waals surface area contributed by atoms with Gasteiger partial charge in [-0.25, -0.2) is 0 Å². The smallest absolute Gasteiger partial charge is 0.0713 e. The third kappa shape index (κ3) is 4.04. The van der Waals surface area contributed by atoms with Crippen LogP contribution in [0.25, 0.3) is 0 Å². The van der Waals surface area contributed by atoms with Crippen LogP contribution in [-0.2, 0) is 11.3 Å². The molecule has 2 atom stereocenters. The summed E-state index contributed by atoms with van der Waals surface area (Å²) in [7, 11) is 1.73. The molecule has 0 saturated carbocycles. The molecule has 2 rings (SSSR count). The molecule has 4 heteroatoms. The lowest BCUT2D eigenvalue weighted by molar-refractivity contribution is 0.0606. The maximum absolute atomic E-state index is 6.07. The predicted molar refractivity (Wildman–Crippen MR) is 87.2 cm³/mol. The molecule has 1 aliphatic rings. The Kier molecular flexibility index (Phi) is 6.18. The Balaban J connectivity index is 2.05. The molecule has 0 radical (unpaired) electrons. The van der Waals surface area contributed by atoms with E-state index in [0.717, 1.165) is 26.2 Å². The van der Waals surface area contributed by atoms with Crippen LogP contribution in [0.15, 0.2) is 24.3 Å². The molecule has 0 aromatic heterocycles. The maximum Gasteiger partial charge on any atom is 0.0713 e. The number of hydrogen-bond acceptors (Lipinski definition) is 4. The van der Waals surface area contributed by atoms with Gasteiger partial charge in [-0.2, -0.15) is 0 Å². The minimum Gasteiger partial charge on any atom is -0.380 e. The van der Waals surface area contributed by atoms with Gasteiger partial charge in [0.1, 0.15) is 0 Å². The van der Waals surface area contributed by atoms with Crippen LogP contribution in [0.3, 0.4) is 0 Å². The Morgan fingerprint density at radius 3 is 2.52 bits per heavy atom. The highest BCUT2D eigenvalue weighted by molar-refractivity contribution is 5.25. The van der Waals surface area contributed by atoms with Crippen LogP contribution >= 0.6 is 0 Å². The summed E-state index contributed by atoms with van der Waals surface area (Å²) in [6, 6.07) is 9.61. The monoisotopic (exact) mass is 291 g/mol. The molecule has 1 aliphatic heterocycles. The second kappa shape index (κ2) is 7.90. The molecule has 1 aromatic rings. The van der Waals surface area contributed by atoms with Crippen LogP contribution in [0.2, 0.25) is 0 Å². The van der Waals surface area contributed by atoms with E-state index >= 15 is 0 Å². The van der Waals surface area contributed by atoms with Crippen LogP contribution in [0.1, 0.15) is 31.0 Å². The number of benzene rings is 1. The van der Waals surface area contributed by atoms with E-state index in [2.05, 4.69) is 47.9 Å². The largest absolute Gasteiger partial charge is 0.380 e. The Morgan fingerprint density at radius 1 is 1.29 bits per heavy atom. The zero-order chi connectivity index (χ0) is 15.2. The maximum atomic E-state index is 6.07. The predicted octanol–water partition coefficient (Wildman–Crippen LogP) is 1.86. The van der Waals surface area contributed by atoms with E-state index in [1.54, 1.807) is 7.11 Å². The second-order valence-electron chi connectivity index (χ2n) is 5.90. The number of piperazine rings is 1. The van der Waals surface area contributed by atoms with Crippen LogP contribution in [0, 0.1) is 0 Å². The van der Waals surface area contributed by atoms with Crippen molar-refractivity contribution in [1.29, 1.82) is 0 Å². The van der Waals surface area contributed by atoms with Crippen LogP contribution in [0.5, 0.6) is 0 Å². The first-order valence-electron chi connectivity index (χ1n) is 7.95. The van der Waals surface area contributed by atoms with Gasteiger partial charge in [-0.15, -0.1) is 0 Å². The number of ether oxygens (including phenoxy) is 1. The van der Waals surface area contributed by atoms with Crippen molar-refractivity contribution in [3.8, 4) is 0 Å². The normalized spacial score (nSPS) is 22.4. The van der Waals surface area contributed by atoms with E-state index in [-0.39, 0.29) is 0 Å². The molecular weight excluding hydrogens is 262 g/mol. The van der Waals surface area contributed by atoms with Crippen LogP contribution in [-0.4, -0.2) is 55.7 Å². The van der Waals surface area contributed by atoms with Gasteiger partial charge in [-0.3, -0.25) is 9.80 Å². The van der Waals surface area contributed by atoms with E-state index in [1.807, 2.05) is 0 Å². The number of nitrogens with two attached hydrogens (primary N) is 1. The van der Waals surface area contributed by atoms with Crippen molar-refractivity contribution in [1.82, 2.24) is 9.80 Å². The fourth-order valence-electron chi connectivity index (χ4n) is 3.27. The van der Waals surface area contributed by atoms with Crippen molar-refractivity contribution in [3.63, 3.8) is 0 Å². The lowest BCUT2D eigenvalue weighted by Gasteiger charge is -2.42. The number of methoxy groups -OCH3 is 1. The zero-order valence-electron chi connectivity index (χ0n) is 13.6. The zero-order valence-corrected chi connectivity index (χ0v) is 13.6. The summed E-state index contributed by atoms with van der Waals surface area (Å²) in [5.41, 5.74) is 8.59. The molecule has 118 valence electrons. The fraction of sp³-hybridized carbons (Fsp3) is 0.647. The standard InChI is InChI=1S/C17H29N3O/c1-4-19-9-10-20(12-14(19)2)17(11-18)16-7-5-15(6-8-16)13-21-3/h5-8,14,17H,4,9-13,18H2,1-3H3. The number of rotatable bonds is 6. The van der Waals surface area contributed by atoms with Gasteiger partial charge in [-0.1, -0.05) is 31.2 Å². The van der Waals surface area contributed by atoms with Gasteiger partial charge in [0.05, 0.1) is 6.61 Å². The van der Waals surface area contributed by atoms with E-state index < -0.39 is 0 Å². The Bertz CT molecular complexity index is 421. The third-order valence-electron chi connectivity index (χ3n) is 4.54. The van der Waals surface area contributed by atoms with Crippen LogP contribution in [0.4, 0.5) is 0 Å². The highest BCUT2D eigenvalue weighted by atomic mass is 16.5. The van der Waals surface area contributed by atoms with Crippen molar-refractivity contribution in [2.75, 3.05) is 39.8 Å². The van der Waals surface area contributed by atoms with E-state index in [9.17, 15) is 0 Å². The Hall–Kier alpha value is -0.940. The molecule has 0 bridgehead atoms. The Labute approximate surface area is 128 Å². The van der Waals surface area contributed by atoms with Gasteiger partial charge in [0.15, 0.2) is 0 Å². The second-order valence-corrected chi connectivity index (χ2v) is 5.90. The van der Waals surface area contributed by atoms with Crippen molar-refractivity contribution in [2.24, 2.45) is 5.73 Å². The highest BCUT2D eigenvalue weighted by Gasteiger charge is 2.27. The molecule has 4 nitrogen and oxygen atoms in total. The summed E-state index contributed by atoms with van der Waals surface area (Å²) in [6.45, 7) is 10.3. The summed E-state index contributed by atoms with van der Waals surface area (Å²) >= 11 is 0. The van der Waals surface area contributed by atoms with Crippen molar-refractivity contribution in [3.05, 3.63) is 35.4 Å². The first-order valence-corrected chi connectivity index (χ1v) is 7.95. The molecule has 1 fully saturated rings. The van der Waals surface area contributed by atoms with Gasteiger partial charge in [0, 0.05) is 45.4 Å². The average Bonchev–Trinajstić information content (AvgIpc) is 2.50.